The Hall–Kier alpha value is -2.28. The molecule has 0 saturated carbocycles. The van der Waals surface area contributed by atoms with Crippen LogP contribution in [0.1, 0.15) is 24.8 Å². The maximum Gasteiger partial charge on any atom is 0.267 e. The highest BCUT2D eigenvalue weighted by atomic mass is 35.5. The number of benzene rings is 2. The largest absolute Gasteiger partial charge is 0.489 e. The van der Waals surface area contributed by atoms with E-state index in [2.05, 4.69) is 4.72 Å². The zero-order valence-electron chi connectivity index (χ0n) is 17.5. The minimum atomic E-state index is -4.18. The van der Waals surface area contributed by atoms with Gasteiger partial charge in [0.1, 0.15) is 23.7 Å². The molecule has 0 bridgehead atoms. The first-order valence-corrected chi connectivity index (χ1v) is 11.9. The SMILES string of the molecule is O=C(NO)C1(NS(=O)(=O)c2ccc(OCc3ccc(Cl)cc3F)cc2)COC(CCCO)C1. The third kappa shape index (κ3) is 6.19. The van der Waals surface area contributed by atoms with Crippen molar-refractivity contribution in [3.63, 3.8) is 0 Å². The number of hydrogen-bond donors (Lipinski definition) is 4. The lowest BCUT2D eigenvalue weighted by atomic mass is 9.95. The molecule has 180 valence electrons. The molecule has 0 aliphatic carbocycles. The zero-order chi connectivity index (χ0) is 24.1. The van der Waals surface area contributed by atoms with E-state index in [-0.39, 0.29) is 41.7 Å². The van der Waals surface area contributed by atoms with Gasteiger partial charge in [-0.15, -0.1) is 0 Å². The van der Waals surface area contributed by atoms with E-state index in [1.807, 2.05) is 0 Å². The van der Waals surface area contributed by atoms with Crippen LogP contribution in [0.5, 0.6) is 5.75 Å². The summed E-state index contributed by atoms with van der Waals surface area (Å²) in [6, 6.07) is 9.54. The van der Waals surface area contributed by atoms with Crippen LogP contribution in [-0.2, 0) is 26.2 Å². The van der Waals surface area contributed by atoms with Crippen LogP contribution in [0.2, 0.25) is 5.02 Å². The number of aliphatic hydroxyl groups is 1. The van der Waals surface area contributed by atoms with Gasteiger partial charge in [-0.3, -0.25) is 10.0 Å². The summed E-state index contributed by atoms with van der Waals surface area (Å²) in [5.74, 6) is -1.16. The number of aliphatic hydroxyl groups excluding tert-OH is 1. The van der Waals surface area contributed by atoms with Gasteiger partial charge in [0.2, 0.25) is 10.0 Å². The number of amides is 1. The monoisotopic (exact) mass is 502 g/mol. The van der Waals surface area contributed by atoms with Gasteiger partial charge in [0, 0.05) is 23.6 Å². The Labute approximate surface area is 195 Å². The number of sulfonamides is 1. The quantitative estimate of drug-likeness (QED) is 0.289. The Morgan fingerprint density at radius 2 is 2.00 bits per heavy atom. The standard InChI is InChI=1S/C21H24ClFN2O7S/c22-15-4-3-14(19(23)10-15)12-31-16-5-7-18(8-6-16)33(29,30)25-21(20(27)24-28)11-17(32-13-21)2-1-9-26/h3-8,10,17,25-26,28H,1-2,9,11-13H2,(H,24,27). The molecule has 1 fully saturated rings. The summed E-state index contributed by atoms with van der Waals surface area (Å²) >= 11 is 5.72. The topological polar surface area (TPSA) is 134 Å². The molecule has 1 amide bonds. The highest BCUT2D eigenvalue weighted by molar-refractivity contribution is 7.89. The Morgan fingerprint density at radius 1 is 1.27 bits per heavy atom. The number of rotatable bonds is 10. The number of carbonyl (C=O) groups is 1. The van der Waals surface area contributed by atoms with E-state index >= 15 is 0 Å². The predicted molar refractivity (Wildman–Crippen MR) is 116 cm³/mol. The van der Waals surface area contributed by atoms with Crippen LogP contribution in [0.3, 0.4) is 0 Å². The van der Waals surface area contributed by atoms with E-state index in [9.17, 15) is 17.6 Å². The number of hydrogen-bond acceptors (Lipinski definition) is 7. The van der Waals surface area contributed by atoms with Crippen molar-refractivity contribution < 1.29 is 37.4 Å². The average Bonchev–Trinajstić information content (AvgIpc) is 3.20. The van der Waals surface area contributed by atoms with Gasteiger partial charge in [-0.05, 0) is 49.2 Å². The van der Waals surface area contributed by atoms with Gasteiger partial charge < -0.3 is 14.6 Å². The van der Waals surface area contributed by atoms with E-state index in [0.717, 1.165) is 0 Å². The molecule has 2 unspecified atom stereocenters. The van der Waals surface area contributed by atoms with Crippen LogP contribution < -0.4 is 14.9 Å². The van der Waals surface area contributed by atoms with E-state index in [1.54, 1.807) is 0 Å². The summed E-state index contributed by atoms with van der Waals surface area (Å²) in [6.07, 6.45) is 0.391. The number of ether oxygens (including phenoxy) is 2. The lowest BCUT2D eigenvalue weighted by Crippen LogP contribution is -2.59. The van der Waals surface area contributed by atoms with E-state index < -0.39 is 33.4 Å². The lowest BCUT2D eigenvalue weighted by Gasteiger charge is -2.26. The first-order chi connectivity index (χ1) is 15.7. The van der Waals surface area contributed by atoms with Crippen LogP contribution in [0.15, 0.2) is 47.4 Å². The first-order valence-electron chi connectivity index (χ1n) is 10.1. The normalized spacial score (nSPS) is 20.5. The summed E-state index contributed by atoms with van der Waals surface area (Å²) in [4.78, 5) is 12.2. The van der Waals surface area contributed by atoms with Crippen LogP contribution in [-0.4, -0.2) is 49.5 Å². The zero-order valence-corrected chi connectivity index (χ0v) is 19.0. The molecule has 9 nitrogen and oxygen atoms in total. The summed E-state index contributed by atoms with van der Waals surface area (Å²) in [7, 11) is -4.18. The van der Waals surface area contributed by atoms with Crippen LogP contribution in [0, 0.1) is 5.82 Å². The Kier molecular flexibility index (Phi) is 8.27. The molecule has 1 aliphatic heterocycles. The maximum absolute atomic E-state index is 13.9. The van der Waals surface area contributed by atoms with Gasteiger partial charge in [0.25, 0.3) is 5.91 Å². The molecule has 0 spiro atoms. The molecule has 12 heteroatoms. The maximum atomic E-state index is 13.9. The summed E-state index contributed by atoms with van der Waals surface area (Å²) in [5, 5.41) is 18.4. The van der Waals surface area contributed by atoms with Crippen LogP contribution >= 0.6 is 11.6 Å². The second-order valence-electron chi connectivity index (χ2n) is 7.63. The third-order valence-corrected chi connectivity index (χ3v) is 7.02. The van der Waals surface area contributed by atoms with Gasteiger partial charge in [-0.25, -0.2) is 18.3 Å². The van der Waals surface area contributed by atoms with Gasteiger partial charge in [-0.1, -0.05) is 17.7 Å². The Balaban J connectivity index is 1.70. The van der Waals surface area contributed by atoms with Crippen molar-refractivity contribution in [3.8, 4) is 5.75 Å². The highest BCUT2D eigenvalue weighted by Crippen LogP contribution is 2.30. The molecule has 33 heavy (non-hydrogen) atoms. The predicted octanol–water partition coefficient (Wildman–Crippen LogP) is 2.14. The molecule has 1 heterocycles. The molecule has 1 saturated heterocycles. The molecule has 2 aromatic carbocycles. The van der Waals surface area contributed by atoms with E-state index in [1.165, 1.54) is 47.9 Å². The van der Waals surface area contributed by atoms with Crippen LogP contribution in [0.4, 0.5) is 4.39 Å². The van der Waals surface area contributed by atoms with Crippen molar-refractivity contribution >= 4 is 27.5 Å². The Bertz CT molecular complexity index is 1080. The fourth-order valence-corrected chi connectivity index (χ4v) is 5.01. The summed E-state index contributed by atoms with van der Waals surface area (Å²) in [5.41, 5.74) is 0.0783. The second-order valence-corrected chi connectivity index (χ2v) is 9.75. The van der Waals surface area contributed by atoms with Crippen molar-refractivity contribution in [2.24, 2.45) is 0 Å². The fourth-order valence-electron chi connectivity index (χ4n) is 3.48. The molecular formula is C21H24ClFN2O7S. The molecule has 2 aromatic rings. The van der Waals surface area contributed by atoms with Crippen molar-refractivity contribution in [3.05, 3.63) is 58.9 Å². The lowest BCUT2D eigenvalue weighted by molar-refractivity contribution is -0.135. The molecule has 0 radical (unpaired) electrons. The van der Waals surface area contributed by atoms with E-state index in [4.69, 9.17) is 31.4 Å². The molecular weight excluding hydrogens is 479 g/mol. The summed E-state index contributed by atoms with van der Waals surface area (Å²) < 4.78 is 53.1. The van der Waals surface area contributed by atoms with Gasteiger partial charge >= 0.3 is 0 Å². The highest BCUT2D eigenvalue weighted by Gasteiger charge is 2.49. The first kappa shape index (κ1) is 25.3. The van der Waals surface area contributed by atoms with Crippen molar-refractivity contribution in [2.45, 2.75) is 42.4 Å². The van der Waals surface area contributed by atoms with Crippen molar-refractivity contribution in [2.75, 3.05) is 13.2 Å². The van der Waals surface area contributed by atoms with Crippen LogP contribution in [0.25, 0.3) is 0 Å². The van der Waals surface area contributed by atoms with Gasteiger partial charge in [-0.2, -0.15) is 4.72 Å². The number of carbonyl (C=O) groups excluding carboxylic acids is 1. The minimum Gasteiger partial charge on any atom is -0.489 e. The fraction of sp³-hybridized carbons (Fsp3) is 0.381. The van der Waals surface area contributed by atoms with E-state index in [0.29, 0.717) is 18.6 Å². The Morgan fingerprint density at radius 3 is 2.64 bits per heavy atom. The minimum absolute atomic E-state index is 0.00747. The molecule has 2 atom stereocenters. The molecule has 1 aliphatic rings. The second kappa shape index (κ2) is 10.8. The summed E-state index contributed by atoms with van der Waals surface area (Å²) in [6.45, 7) is -0.424. The molecule has 3 rings (SSSR count). The smallest absolute Gasteiger partial charge is 0.267 e. The number of halogens is 2. The molecule has 4 N–H and O–H groups in total. The number of hydroxylamine groups is 1. The van der Waals surface area contributed by atoms with Gasteiger partial charge in [0.15, 0.2) is 0 Å². The number of nitrogens with one attached hydrogen (secondary N) is 2. The van der Waals surface area contributed by atoms with Crippen molar-refractivity contribution in [1.82, 2.24) is 10.2 Å². The average molecular weight is 503 g/mol. The molecule has 0 aromatic heterocycles. The van der Waals surface area contributed by atoms with Gasteiger partial charge in [0.05, 0.1) is 17.6 Å². The third-order valence-electron chi connectivity index (χ3n) is 5.24. The van der Waals surface area contributed by atoms with Crippen molar-refractivity contribution in [1.29, 1.82) is 0 Å².